The zero-order valence-corrected chi connectivity index (χ0v) is 12.3. The van der Waals surface area contributed by atoms with Gasteiger partial charge in [-0.25, -0.2) is 0 Å². The van der Waals surface area contributed by atoms with Crippen molar-refractivity contribution < 1.29 is 9.57 Å². The van der Waals surface area contributed by atoms with Gasteiger partial charge in [0.05, 0.1) is 17.7 Å². The van der Waals surface area contributed by atoms with Crippen molar-refractivity contribution in [3.8, 4) is 0 Å². The molecule has 1 fully saturated rings. The minimum atomic E-state index is -0.133. The van der Waals surface area contributed by atoms with Crippen LogP contribution in [-0.4, -0.2) is 18.0 Å². The normalized spacial score (nSPS) is 28.5. The highest BCUT2D eigenvalue weighted by molar-refractivity contribution is 5.42. The lowest BCUT2D eigenvalue weighted by molar-refractivity contribution is -0.332. The molecule has 1 atom stereocenters. The van der Waals surface area contributed by atoms with Gasteiger partial charge < -0.3 is 4.74 Å². The predicted octanol–water partition coefficient (Wildman–Crippen LogP) is 3.54. The van der Waals surface area contributed by atoms with E-state index in [-0.39, 0.29) is 17.4 Å². The van der Waals surface area contributed by atoms with Gasteiger partial charge in [0.2, 0.25) is 0 Å². The van der Waals surface area contributed by atoms with Crippen molar-refractivity contribution >= 4 is 0 Å². The zero-order chi connectivity index (χ0) is 13.7. The average Bonchev–Trinajstić information content (AvgIpc) is 2.92. The molecule has 0 amide bonds. The molecule has 0 aromatic heterocycles. The maximum Gasteiger partial charge on any atom is 0.177 e. The Morgan fingerprint density at radius 2 is 1.68 bits per heavy atom. The van der Waals surface area contributed by atoms with Gasteiger partial charge in [-0.3, -0.25) is 4.84 Å². The Balaban J connectivity index is 1.96. The predicted molar refractivity (Wildman–Crippen MR) is 74.4 cm³/mol. The molecule has 1 aromatic rings. The Labute approximate surface area is 115 Å². The van der Waals surface area contributed by atoms with Gasteiger partial charge in [0.15, 0.2) is 6.29 Å². The lowest BCUT2D eigenvalue weighted by Gasteiger charge is -2.40. The Morgan fingerprint density at radius 1 is 1.11 bits per heavy atom. The van der Waals surface area contributed by atoms with Gasteiger partial charge in [-0.15, -0.1) is 0 Å². The summed E-state index contributed by atoms with van der Waals surface area (Å²) in [6.07, 6.45) is 1.98. The zero-order valence-electron chi connectivity index (χ0n) is 12.3. The molecule has 1 aromatic carbocycles. The third-order valence-corrected chi connectivity index (χ3v) is 4.37. The Hall–Kier alpha value is -0.900. The van der Waals surface area contributed by atoms with E-state index in [1.807, 2.05) is 0 Å². The van der Waals surface area contributed by atoms with Crippen molar-refractivity contribution in [3.63, 3.8) is 0 Å². The van der Waals surface area contributed by atoms with E-state index in [4.69, 9.17) is 9.57 Å². The van der Waals surface area contributed by atoms with Gasteiger partial charge in [-0.2, -0.15) is 5.06 Å². The number of rotatable bonds is 2. The summed E-state index contributed by atoms with van der Waals surface area (Å²) in [6, 6.07) is 8.62. The van der Waals surface area contributed by atoms with Gasteiger partial charge in [0.1, 0.15) is 0 Å². The van der Waals surface area contributed by atoms with Crippen LogP contribution in [0, 0.1) is 0 Å². The van der Waals surface area contributed by atoms with Gasteiger partial charge in [-0.1, -0.05) is 24.3 Å². The summed E-state index contributed by atoms with van der Waals surface area (Å²) in [5.41, 5.74) is 2.42. The first-order valence-corrected chi connectivity index (χ1v) is 7.13. The van der Waals surface area contributed by atoms with Crippen LogP contribution in [0.3, 0.4) is 0 Å². The summed E-state index contributed by atoms with van der Waals surface area (Å²) in [6.45, 7) is 9.68. The number of nitrogens with zero attached hydrogens (tertiary/aromatic N) is 1. The van der Waals surface area contributed by atoms with Crippen molar-refractivity contribution in [3.05, 3.63) is 35.4 Å². The number of benzene rings is 1. The van der Waals surface area contributed by atoms with E-state index in [1.54, 1.807) is 0 Å². The molecule has 1 unspecified atom stereocenters. The molecule has 0 N–H and O–H groups in total. The standard InChI is InChI=1S/C16H23NO2/c1-15(2)12-8-5-6-9-13(12)16(3,4)17(15)19-14-10-7-11-18-14/h5-6,8-9,14H,7,10-11H2,1-4H3. The van der Waals surface area contributed by atoms with Crippen LogP contribution in [0.15, 0.2) is 24.3 Å². The quantitative estimate of drug-likeness (QED) is 0.812. The number of hydrogen-bond acceptors (Lipinski definition) is 3. The summed E-state index contributed by atoms with van der Waals surface area (Å²) in [5.74, 6) is 0. The highest BCUT2D eigenvalue weighted by Crippen LogP contribution is 2.49. The lowest BCUT2D eigenvalue weighted by atomic mass is 9.91. The van der Waals surface area contributed by atoms with Crippen LogP contribution < -0.4 is 0 Å². The molecule has 3 nitrogen and oxygen atoms in total. The Morgan fingerprint density at radius 3 is 2.16 bits per heavy atom. The Bertz CT molecular complexity index is 440. The SMILES string of the molecule is CC1(C)c2ccccc2C(C)(C)N1OC1CCCO1. The average molecular weight is 261 g/mol. The second-order valence-corrected chi connectivity index (χ2v) is 6.51. The molecule has 19 heavy (non-hydrogen) atoms. The largest absolute Gasteiger partial charge is 0.351 e. The van der Waals surface area contributed by atoms with Crippen molar-refractivity contribution in [2.24, 2.45) is 0 Å². The molecule has 2 heterocycles. The molecule has 0 spiro atoms. The molecule has 0 aliphatic carbocycles. The van der Waals surface area contributed by atoms with E-state index < -0.39 is 0 Å². The first kappa shape index (κ1) is 13.1. The highest BCUT2D eigenvalue weighted by atomic mass is 16.8. The first-order valence-electron chi connectivity index (χ1n) is 7.13. The molecule has 3 rings (SSSR count). The van der Waals surface area contributed by atoms with Gasteiger partial charge in [0.25, 0.3) is 0 Å². The second-order valence-electron chi connectivity index (χ2n) is 6.51. The number of ether oxygens (including phenoxy) is 1. The van der Waals surface area contributed by atoms with Crippen LogP contribution in [0.2, 0.25) is 0 Å². The highest BCUT2D eigenvalue weighted by Gasteiger charge is 2.51. The fraction of sp³-hybridized carbons (Fsp3) is 0.625. The third-order valence-electron chi connectivity index (χ3n) is 4.37. The van der Waals surface area contributed by atoms with Crippen LogP contribution in [0.5, 0.6) is 0 Å². The molecule has 1 saturated heterocycles. The molecule has 0 saturated carbocycles. The van der Waals surface area contributed by atoms with E-state index >= 15 is 0 Å². The van der Waals surface area contributed by atoms with Gasteiger partial charge in [0, 0.05) is 6.42 Å². The van der Waals surface area contributed by atoms with Crippen LogP contribution >= 0.6 is 0 Å². The van der Waals surface area contributed by atoms with E-state index in [0.29, 0.717) is 0 Å². The van der Waals surface area contributed by atoms with Crippen LogP contribution in [-0.2, 0) is 20.7 Å². The first-order chi connectivity index (χ1) is 8.94. The third kappa shape index (κ3) is 1.92. The van der Waals surface area contributed by atoms with E-state index in [2.05, 4.69) is 57.0 Å². The smallest absolute Gasteiger partial charge is 0.177 e. The summed E-state index contributed by atoms with van der Waals surface area (Å²) in [4.78, 5) is 6.20. The van der Waals surface area contributed by atoms with Crippen molar-refractivity contribution in [1.82, 2.24) is 5.06 Å². The molecule has 0 radical (unpaired) electrons. The summed E-state index contributed by atoms with van der Waals surface area (Å²) >= 11 is 0. The molecule has 2 aliphatic rings. The van der Waals surface area contributed by atoms with Crippen LogP contribution in [0.1, 0.15) is 51.7 Å². The monoisotopic (exact) mass is 261 g/mol. The fourth-order valence-electron chi connectivity index (χ4n) is 3.48. The topological polar surface area (TPSA) is 21.7 Å². The fourth-order valence-corrected chi connectivity index (χ4v) is 3.48. The van der Waals surface area contributed by atoms with Crippen LogP contribution in [0.4, 0.5) is 0 Å². The minimum Gasteiger partial charge on any atom is -0.351 e. The van der Waals surface area contributed by atoms with E-state index in [1.165, 1.54) is 11.1 Å². The summed E-state index contributed by atoms with van der Waals surface area (Å²) in [5, 5.41) is 2.13. The van der Waals surface area contributed by atoms with Crippen molar-refractivity contribution in [2.75, 3.05) is 6.61 Å². The number of hydrogen-bond donors (Lipinski definition) is 0. The molecular formula is C16H23NO2. The number of fused-ring (bicyclic) bond motifs is 1. The minimum absolute atomic E-state index is 0.0899. The Kier molecular flexibility index (Phi) is 2.97. The van der Waals surface area contributed by atoms with Crippen molar-refractivity contribution in [2.45, 2.75) is 57.9 Å². The van der Waals surface area contributed by atoms with Crippen molar-refractivity contribution in [1.29, 1.82) is 0 Å². The maximum absolute atomic E-state index is 6.20. The van der Waals surface area contributed by atoms with Crippen LogP contribution in [0.25, 0.3) is 0 Å². The van der Waals surface area contributed by atoms with E-state index in [9.17, 15) is 0 Å². The lowest BCUT2D eigenvalue weighted by Crippen LogP contribution is -2.47. The number of hydroxylamine groups is 2. The molecule has 104 valence electrons. The van der Waals surface area contributed by atoms with Gasteiger partial charge in [-0.05, 0) is 45.2 Å². The molecule has 2 aliphatic heterocycles. The molecular weight excluding hydrogens is 238 g/mol. The molecule has 3 heteroatoms. The summed E-state index contributed by atoms with van der Waals surface area (Å²) in [7, 11) is 0. The van der Waals surface area contributed by atoms with Gasteiger partial charge >= 0.3 is 0 Å². The maximum atomic E-state index is 6.20. The van der Waals surface area contributed by atoms with E-state index in [0.717, 1.165) is 19.4 Å². The molecule has 0 bridgehead atoms. The summed E-state index contributed by atoms with van der Waals surface area (Å²) < 4.78 is 5.64. The second kappa shape index (κ2) is 4.30.